The number of nitrogens with zero attached hydrogens (tertiary/aromatic N) is 1. The normalized spacial score (nSPS) is 10.7. The predicted octanol–water partition coefficient (Wildman–Crippen LogP) is 4.32. The predicted molar refractivity (Wildman–Crippen MR) is 105 cm³/mol. The molecule has 0 unspecified atom stereocenters. The molecule has 0 atom stereocenters. The second-order valence-electron chi connectivity index (χ2n) is 5.70. The third-order valence-corrected chi connectivity index (χ3v) is 4.17. The maximum absolute atomic E-state index is 12.3. The molecule has 138 valence electrons. The first-order valence-corrected chi connectivity index (χ1v) is 8.36. The van der Waals surface area contributed by atoms with Crippen LogP contribution in [0.2, 0.25) is 5.02 Å². The molecule has 0 fully saturated rings. The van der Waals surface area contributed by atoms with Gasteiger partial charge < -0.3 is 15.4 Å². The van der Waals surface area contributed by atoms with E-state index in [0.29, 0.717) is 27.7 Å². The molecular formula is C20H18ClN3O3. The number of ketones is 1. The molecule has 0 saturated carbocycles. The lowest BCUT2D eigenvalue weighted by molar-refractivity contribution is -0.112. The highest BCUT2D eigenvalue weighted by molar-refractivity contribution is 6.31. The number of nitriles is 1. The van der Waals surface area contributed by atoms with Gasteiger partial charge in [-0.2, -0.15) is 5.26 Å². The van der Waals surface area contributed by atoms with E-state index < -0.39 is 5.91 Å². The Bertz CT molecular complexity index is 944. The van der Waals surface area contributed by atoms with Crippen LogP contribution in [-0.2, 0) is 4.79 Å². The number of aryl methyl sites for hydroxylation is 1. The lowest BCUT2D eigenvalue weighted by Gasteiger charge is -2.11. The van der Waals surface area contributed by atoms with E-state index in [2.05, 4.69) is 10.6 Å². The van der Waals surface area contributed by atoms with Gasteiger partial charge >= 0.3 is 0 Å². The molecule has 2 rings (SSSR count). The molecule has 0 saturated heterocycles. The standard InChI is InChI=1S/C20H18ClN3O3/c1-12-8-18(19(27-3)9-17(12)21)23-11-15(10-22)20(26)24-16-6-4-14(5-7-16)13(2)25/h4-9,11,23H,1-3H3,(H,24,26)/b15-11-. The highest BCUT2D eigenvalue weighted by Crippen LogP contribution is 2.31. The van der Waals surface area contributed by atoms with Crippen LogP contribution in [0.4, 0.5) is 11.4 Å². The molecule has 7 heteroatoms. The number of benzene rings is 2. The van der Waals surface area contributed by atoms with Crippen molar-refractivity contribution in [3.8, 4) is 11.8 Å². The third kappa shape index (κ3) is 5.09. The molecule has 1 amide bonds. The number of hydrogen-bond donors (Lipinski definition) is 2. The number of halogens is 1. The SMILES string of the molecule is COc1cc(Cl)c(C)cc1N/C=C(/C#N)C(=O)Nc1ccc(C(C)=O)cc1. The summed E-state index contributed by atoms with van der Waals surface area (Å²) in [5.41, 5.74) is 2.29. The fraction of sp³-hybridized carbons (Fsp3) is 0.150. The zero-order valence-corrected chi connectivity index (χ0v) is 15.8. The molecule has 0 aromatic heterocycles. The maximum atomic E-state index is 12.3. The minimum atomic E-state index is -0.578. The highest BCUT2D eigenvalue weighted by Gasteiger charge is 2.11. The molecule has 2 N–H and O–H groups in total. The Labute approximate surface area is 162 Å². The zero-order valence-electron chi connectivity index (χ0n) is 15.1. The van der Waals surface area contributed by atoms with E-state index >= 15 is 0 Å². The van der Waals surface area contributed by atoms with Crippen molar-refractivity contribution in [3.63, 3.8) is 0 Å². The van der Waals surface area contributed by atoms with E-state index in [9.17, 15) is 14.9 Å². The number of ether oxygens (including phenoxy) is 1. The van der Waals surface area contributed by atoms with Crippen LogP contribution in [0.25, 0.3) is 0 Å². The summed E-state index contributed by atoms with van der Waals surface area (Å²) in [6, 6.07) is 11.7. The van der Waals surface area contributed by atoms with E-state index in [4.69, 9.17) is 16.3 Å². The first kappa shape index (κ1) is 20.0. The highest BCUT2D eigenvalue weighted by atomic mass is 35.5. The van der Waals surface area contributed by atoms with Crippen LogP contribution >= 0.6 is 11.6 Å². The molecule has 0 bridgehead atoms. The smallest absolute Gasteiger partial charge is 0.267 e. The second-order valence-corrected chi connectivity index (χ2v) is 6.11. The van der Waals surface area contributed by atoms with Crippen molar-refractivity contribution in [3.05, 3.63) is 64.3 Å². The van der Waals surface area contributed by atoms with Crippen molar-refractivity contribution in [2.45, 2.75) is 13.8 Å². The van der Waals surface area contributed by atoms with Gasteiger partial charge in [0.15, 0.2) is 5.78 Å². The van der Waals surface area contributed by atoms with Crippen molar-refractivity contribution in [1.29, 1.82) is 5.26 Å². The Morgan fingerprint density at radius 3 is 2.44 bits per heavy atom. The van der Waals surface area contributed by atoms with Crippen LogP contribution in [-0.4, -0.2) is 18.8 Å². The molecule has 2 aromatic carbocycles. The van der Waals surface area contributed by atoms with Gasteiger partial charge in [0.05, 0.1) is 12.8 Å². The number of amides is 1. The average Bonchev–Trinajstić information content (AvgIpc) is 2.65. The summed E-state index contributed by atoms with van der Waals surface area (Å²) in [7, 11) is 1.50. The van der Waals surface area contributed by atoms with Gasteiger partial charge in [-0.1, -0.05) is 11.6 Å². The van der Waals surface area contributed by atoms with Crippen LogP contribution < -0.4 is 15.4 Å². The van der Waals surface area contributed by atoms with Gasteiger partial charge in [-0.25, -0.2) is 0 Å². The minimum absolute atomic E-state index is 0.0677. The van der Waals surface area contributed by atoms with Crippen LogP contribution in [0, 0.1) is 18.3 Å². The molecule has 0 radical (unpaired) electrons. The Balaban J connectivity index is 2.16. The van der Waals surface area contributed by atoms with Crippen LogP contribution in [0.15, 0.2) is 48.2 Å². The molecule has 0 spiro atoms. The van der Waals surface area contributed by atoms with E-state index in [-0.39, 0.29) is 11.4 Å². The van der Waals surface area contributed by atoms with Gasteiger partial charge in [-0.15, -0.1) is 0 Å². The second kappa shape index (κ2) is 8.88. The van der Waals surface area contributed by atoms with Crippen LogP contribution in [0.5, 0.6) is 5.75 Å². The number of methoxy groups -OCH3 is 1. The number of Topliss-reactive ketones (excluding diaryl/α,β-unsaturated/α-hetero) is 1. The fourth-order valence-corrected chi connectivity index (χ4v) is 2.38. The molecule has 6 nitrogen and oxygen atoms in total. The topological polar surface area (TPSA) is 91.2 Å². The first-order valence-electron chi connectivity index (χ1n) is 7.99. The summed E-state index contributed by atoms with van der Waals surface area (Å²) >= 11 is 6.07. The van der Waals surface area contributed by atoms with Crippen molar-refractivity contribution >= 4 is 34.7 Å². The number of hydrogen-bond acceptors (Lipinski definition) is 5. The summed E-state index contributed by atoms with van der Waals surface area (Å²) < 4.78 is 5.25. The van der Waals surface area contributed by atoms with Crippen molar-refractivity contribution in [2.24, 2.45) is 0 Å². The van der Waals surface area contributed by atoms with Gasteiger partial charge in [0, 0.05) is 28.5 Å². The number of carbonyl (C=O) groups is 2. The molecule has 0 aliphatic rings. The third-order valence-electron chi connectivity index (χ3n) is 3.77. The fourth-order valence-electron chi connectivity index (χ4n) is 2.23. The maximum Gasteiger partial charge on any atom is 0.267 e. The van der Waals surface area contributed by atoms with E-state index in [1.54, 1.807) is 36.4 Å². The Morgan fingerprint density at radius 2 is 1.89 bits per heavy atom. The lowest BCUT2D eigenvalue weighted by Crippen LogP contribution is -2.14. The Kier molecular flexibility index (Phi) is 6.58. The van der Waals surface area contributed by atoms with Gasteiger partial charge in [0.25, 0.3) is 5.91 Å². The van der Waals surface area contributed by atoms with Gasteiger partial charge in [0.2, 0.25) is 0 Å². The molecule has 0 aliphatic heterocycles. The Hall–Kier alpha value is -3.30. The number of nitrogens with one attached hydrogen (secondary N) is 2. The molecule has 27 heavy (non-hydrogen) atoms. The first-order chi connectivity index (χ1) is 12.8. The van der Waals surface area contributed by atoms with Gasteiger partial charge in [0.1, 0.15) is 17.4 Å². The zero-order chi connectivity index (χ0) is 20.0. The summed E-state index contributed by atoms with van der Waals surface area (Å²) in [5, 5.41) is 15.3. The molecule has 0 heterocycles. The molecule has 0 aliphatic carbocycles. The van der Waals surface area contributed by atoms with Gasteiger partial charge in [-0.3, -0.25) is 9.59 Å². The summed E-state index contributed by atoms with van der Waals surface area (Å²) in [4.78, 5) is 23.6. The quantitative estimate of drug-likeness (QED) is 0.440. The molecule has 2 aromatic rings. The van der Waals surface area contributed by atoms with E-state index in [1.807, 2.05) is 13.0 Å². The summed E-state index contributed by atoms with van der Waals surface area (Å²) in [5.74, 6) is -0.161. The minimum Gasteiger partial charge on any atom is -0.495 e. The van der Waals surface area contributed by atoms with E-state index in [0.717, 1.165) is 5.56 Å². The lowest BCUT2D eigenvalue weighted by atomic mass is 10.1. The van der Waals surface area contributed by atoms with Crippen molar-refractivity contribution in [2.75, 3.05) is 17.7 Å². The monoisotopic (exact) mass is 383 g/mol. The van der Waals surface area contributed by atoms with Crippen LogP contribution in [0.3, 0.4) is 0 Å². The number of carbonyl (C=O) groups excluding carboxylic acids is 2. The van der Waals surface area contributed by atoms with Crippen molar-refractivity contribution in [1.82, 2.24) is 0 Å². The average molecular weight is 384 g/mol. The number of anilines is 2. The van der Waals surface area contributed by atoms with Crippen molar-refractivity contribution < 1.29 is 14.3 Å². The molecular weight excluding hydrogens is 366 g/mol. The largest absolute Gasteiger partial charge is 0.495 e. The Morgan fingerprint density at radius 1 is 1.22 bits per heavy atom. The van der Waals surface area contributed by atoms with Crippen LogP contribution in [0.1, 0.15) is 22.8 Å². The summed E-state index contributed by atoms with van der Waals surface area (Å²) in [6.45, 7) is 3.29. The number of rotatable bonds is 6. The summed E-state index contributed by atoms with van der Waals surface area (Å²) in [6.07, 6.45) is 1.30. The van der Waals surface area contributed by atoms with Gasteiger partial charge in [-0.05, 0) is 49.7 Å². The van der Waals surface area contributed by atoms with E-state index in [1.165, 1.54) is 20.2 Å².